The monoisotopic (exact) mass is 588 g/mol. The number of methoxy groups -OCH3 is 1. The fraction of sp³-hybridized carbons (Fsp3) is 0.138. The molecule has 214 valence electrons. The summed E-state index contributed by atoms with van der Waals surface area (Å²) in [4.78, 5) is 12.3. The first kappa shape index (κ1) is 29.4. The van der Waals surface area contributed by atoms with E-state index in [9.17, 15) is 30.8 Å². The molecule has 4 rings (SSSR count). The smallest absolute Gasteiger partial charge is 0.416 e. The number of hydrogen-bond acceptors (Lipinski definition) is 6. The number of carbonyl (C=O) groups excluding carboxylic acids is 1. The van der Waals surface area contributed by atoms with Gasteiger partial charge in [-0.05, 0) is 48.5 Å². The van der Waals surface area contributed by atoms with Crippen LogP contribution in [0.5, 0.6) is 5.75 Å². The van der Waals surface area contributed by atoms with Gasteiger partial charge in [0.05, 0.1) is 23.9 Å². The van der Waals surface area contributed by atoms with Gasteiger partial charge in [0.1, 0.15) is 23.1 Å². The molecule has 12 heteroatoms. The normalized spacial score (nSPS) is 11.5. The maximum absolute atomic E-state index is 13.9. The van der Waals surface area contributed by atoms with Crippen LogP contribution in [0.2, 0.25) is 0 Å². The van der Waals surface area contributed by atoms with Crippen LogP contribution >= 0.6 is 0 Å². The molecule has 7 nitrogen and oxygen atoms in total. The van der Waals surface area contributed by atoms with Gasteiger partial charge in [-0.2, -0.15) is 13.2 Å². The first-order chi connectivity index (χ1) is 19.5. The molecule has 0 radical (unpaired) electrons. The van der Waals surface area contributed by atoms with Crippen molar-refractivity contribution in [2.45, 2.75) is 24.2 Å². The highest BCUT2D eigenvalue weighted by Crippen LogP contribution is 2.32. The molecule has 0 aromatic heterocycles. The zero-order valence-corrected chi connectivity index (χ0v) is 22.4. The second-order valence-electron chi connectivity index (χ2n) is 8.73. The lowest BCUT2D eigenvalue weighted by Gasteiger charge is -2.17. The molecule has 0 saturated carbocycles. The van der Waals surface area contributed by atoms with Gasteiger partial charge in [0.25, 0.3) is 10.0 Å². The Kier molecular flexibility index (Phi) is 8.82. The average Bonchev–Trinajstić information content (AvgIpc) is 2.95. The topological polar surface area (TPSA) is 93.7 Å². The predicted octanol–water partition coefficient (Wildman–Crippen LogP) is 6.62. The maximum Gasteiger partial charge on any atom is 0.416 e. The zero-order valence-electron chi connectivity index (χ0n) is 21.5. The summed E-state index contributed by atoms with van der Waals surface area (Å²) in [6.45, 7) is -0.281. The number of sulfonamides is 1. The molecule has 0 fully saturated rings. The molecule has 0 saturated heterocycles. The molecule has 0 aliphatic carbocycles. The summed E-state index contributed by atoms with van der Waals surface area (Å²) in [6.07, 6.45) is -4.69. The lowest BCUT2D eigenvalue weighted by atomic mass is 10.1. The second-order valence-corrected chi connectivity index (χ2v) is 10.4. The summed E-state index contributed by atoms with van der Waals surface area (Å²) in [6, 6.07) is 20.1. The number of alkyl halides is 3. The minimum atomic E-state index is -4.69. The number of benzene rings is 4. The van der Waals surface area contributed by atoms with Crippen molar-refractivity contribution in [3.8, 4) is 5.75 Å². The van der Waals surface area contributed by atoms with E-state index in [0.29, 0.717) is 17.4 Å². The van der Waals surface area contributed by atoms with Crippen LogP contribution < -0.4 is 14.8 Å². The number of para-hydroxylation sites is 1. The molecule has 0 spiro atoms. The van der Waals surface area contributed by atoms with Crippen molar-refractivity contribution in [3.05, 3.63) is 119 Å². The highest BCUT2D eigenvalue weighted by molar-refractivity contribution is 7.92. The van der Waals surface area contributed by atoms with E-state index in [-0.39, 0.29) is 29.0 Å². The first-order valence-electron chi connectivity index (χ1n) is 12.1. The van der Waals surface area contributed by atoms with Crippen molar-refractivity contribution >= 4 is 27.4 Å². The Balaban J connectivity index is 1.66. The van der Waals surface area contributed by atoms with Crippen molar-refractivity contribution < 1.29 is 40.2 Å². The summed E-state index contributed by atoms with van der Waals surface area (Å²) in [5.41, 5.74) is -0.678. The Hall–Kier alpha value is -4.58. The number of esters is 1. The van der Waals surface area contributed by atoms with Crippen LogP contribution in [-0.4, -0.2) is 21.5 Å². The van der Waals surface area contributed by atoms with Gasteiger partial charge in [-0.3, -0.25) is 4.72 Å². The molecule has 2 N–H and O–H groups in total. The van der Waals surface area contributed by atoms with E-state index >= 15 is 0 Å². The molecule has 0 unspecified atom stereocenters. The Morgan fingerprint density at radius 1 is 0.878 bits per heavy atom. The quantitative estimate of drug-likeness (QED) is 0.160. The molecule has 0 aliphatic heterocycles. The van der Waals surface area contributed by atoms with E-state index in [4.69, 9.17) is 9.47 Å². The molecular formula is C29H24F4N2O5S. The summed E-state index contributed by atoms with van der Waals surface area (Å²) in [7, 11) is -3.05. The third-order valence-corrected chi connectivity index (χ3v) is 7.35. The first-order valence-corrected chi connectivity index (χ1v) is 13.6. The molecule has 0 bridgehead atoms. The molecule has 0 aliphatic rings. The predicted molar refractivity (Wildman–Crippen MR) is 145 cm³/mol. The molecule has 0 heterocycles. The van der Waals surface area contributed by atoms with Gasteiger partial charge in [0.15, 0.2) is 0 Å². The number of rotatable bonds is 10. The van der Waals surface area contributed by atoms with Gasteiger partial charge >= 0.3 is 12.1 Å². The lowest BCUT2D eigenvalue weighted by molar-refractivity contribution is -0.137. The molecule has 0 amide bonds. The Morgan fingerprint density at radius 3 is 2.29 bits per heavy atom. The highest BCUT2D eigenvalue weighted by atomic mass is 32.2. The van der Waals surface area contributed by atoms with Crippen molar-refractivity contribution in [1.82, 2.24) is 0 Å². The number of halogens is 4. The fourth-order valence-corrected chi connectivity index (χ4v) is 5.13. The van der Waals surface area contributed by atoms with Gasteiger partial charge in [0.2, 0.25) is 0 Å². The van der Waals surface area contributed by atoms with E-state index in [0.717, 1.165) is 18.2 Å². The third kappa shape index (κ3) is 7.34. The van der Waals surface area contributed by atoms with Crippen molar-refractivity contribution in [2.24, 2.45) is 0 Å². The van der Waals surface area contributed by atoms with Crippen molar-refractivity contribution in [2.75, 3.05) is 17.1 Å². The number of hydrogen-bond donors (Lipinski definition) is 2. The minimum Gasteiger partial charge on any atom is -0.496 e. The van der Waals surface area contributed by atoms with E-state index in [2.05, 4.69) is 10.0 Å². The van der Waals surface area contributed by atoms with Crippen LogP contribution in [0, 0.1) is 5.82 Å². The van der Waals surface area contributed by atoms with Crippen LogP contribution in [0.3, 0.4) is 0 Å². The molecular weight excluding hydrogens is 564 g/mol. The zero-order chi connectivity index (χ0) is 29.6. The maximum atomic E-state index is 13.9. The molecule has 4 aromatic carbocycles. The highest BCUT2D eigenvalue weighted by Gasteiger charge is 2.31. The third-order valence-electron chi connectivity index (χ3n) is 5.93. The number of nitrogens with one attached hydrogen (secondary N) is 2. The van der Waals surface area contributed by atoms with Gasteiger partial charge in [0, 0.05) is 23.4 Å². The fourth-order valence-electron chi connectivity index (χ4n) is 3.87. The van der Waals surface area contributed by atoms with Crippen LogP contribution in [0.25, 0.3) is 0 Å². The Bertz CT molecular complexity index is 1660. The SMILES string of the molecule is COc1ccccc1CNc1ccc(C(=O)OCc2ccccc2F)cc1S(=O)(=O)Nc1cccc(C(F)(F)F)c1. The van der Waals surface area contributed by atoms with E-state index in [1.165, 1.54) is 43.5 Å². The summed E-state index contributed by atoms with van der Waals surface area (Å²) in [5, 5.41) is 2.98. The number of anilines is 2. The van der Waals surface area contributed by atoms with E-state index < -0.39 is 45.1 Å². The Morgan fingerprint density at radius 2 is 1.59 bits per heavy atom. The molecule has 0 atom stereocenters. The van der Waals surface area contributed by atoms with Crippen LogP contribution in [-0.2, 0) is 34.1 Å². The molecule has 4 aromatic rings. The second kappa shape index (κ2) is 12.3. The van der Waals surface area contributed by atoms with Crippen molar-refractivity contribution in [1.29, 1.82) is 0 Å². The Labute approximate surface area is 233 Å². The van der Waals surface area contributed by atoms with Crippen LogP contribution in [0.1, 0.15) is 27.0 Å². The summed E-state index contributed by atoms with van der Waals surface area (Å²) in [5.74, 6) is -0.968. The van der Waals surface area contributed by atoms with Gasteiger partial charge < -0.3 is 14.8 Å². The lowest BCUT2D eigenvalue weighted by Crippen LogP contribution is -2.17. The van der Waals surface area contributed by atoms with Gasteiger partial charge in [-0.25, -0.2) is 17.6 Å². The number of carbonyl (C=O) groups is 1. The summed E-state index contributed by atoms with van der Waals surface area (Å²) >= 11 is 0. The largest absolute Gasteiger partial charge is 0.496 e. The summed E-state index contributed by atoms with van der Waals surface area (Å²) < 4.78 is 93.1. The van der Waals surface area contributed by atoms with Gasteiger partial charge in [-0.15, -0.1) is 0 Å². The van der Waals surface area contributed by atoms with E-state index in [1.807, 2.05) is 0 Å². The minimum absolute atomic E-state index is 0.0565. The average molecular weight is 589 g/mol. The van der Waals surface area contributed by atoms with Gasteiger partial charge in [-0.1, -0.05) is 42.5 Å². The van der Waals surface area contributed by atoms with Crippen molar-refractivity contribution in [3.63, 3.8) is 0 Å². The number of ether oxygens (including phenoxy) is 2. The standard InChI is InChI=1S/C29H24F4N2O5S/c1-39-26-12-5-3-7-20(26)17-34-25-14-13-19(28(36)40-18-21-8-2-4-11-24(21)30)15-27(25)41(37,38)35-23-10-6-9-22(16-23)29(31,32)33/h2-16,34-35H,17-18H2,1H3. The molecule has 41 heavy (non-hydrogen) atoms. The van der Waals surface area contributed by atoms with Crippen LogP contribution in [0.4, 0.5) is 28.9 Å². The van der Waals surface area contributed by atoms with E-state index in [1.54, 1.807) is 30.3 Å². The van der Waals surface area contributed by atoms with Crippen LogP contribution in [0.15, 0.2) is 95.9 Å².